The molecule has 1 rings (SSSR count). The zero-order chi connectivity index (χ0) is 15.3. The number of rotatable bonds is 6. The summed E-state index contributed by atoms with van der Waals surface area (Å²) >= 11 is 0. The lowest BCUT2D eigenvalue weighted by Gasteiger charge is -2.06. The Bertz CT molecular complexity index is 521. The average Bonchev–Trinajstić information content (AvgIpc) is 2.38. The maximum Gasteiger partial charge on any atom is 0.279 e. The van der Waals surface area contributed by atoms with E-state index in [-0.39, 0.29) is 11.1 Å². The van der Waals surface area contributed by atoms with E-state index in [0.717, 1.165) is 25.0 Å². The van der Waals surface area contributed by atoms with Gasteiger partial charge in [0.2, 0.25) is 0 Å². The van der Waals surface area contributed by atoms with Gasteiger partial charge in [0.15, 0.2) is 0 Å². The molecule has 0 spiro atoms. The van der Waals surface area contributed by atoms with E-state index in [1.165, 1.54) is 6.92 Å². The lowest BCUT2D eigenvalue weighted by molar-refractivity contribution is -0.395. The molecule has 108 valence electrons. The van der Waals surface area contributed by atoms with Crippen molar-refractivity contribution in [3.8, 4) is 0 Å². The van der Waals surface area contributed by atoms with E-state index in [2.05, 4.69) is 5.32 Å². The molecule has 0 radical (unpaired) electrons. The largest absolute Gasteiger partial charge is 0.352 e. The van der Waals surface area contributed by atoms with Crippen molar-refractivity contribution in [2.45, 2.75) is 26.7 Å². The van der Waals surface area contributed by atoms with Crippen molar-refractivity contribution in [3.05, 3.63) is 43.5 Å². The lowest BCUT2D eigenvalue weighted by Crippen LogP contribution is -2.24. The van der Waals surface area contributed by atoms with Gasteiger partial charge in [0, 0.05) is 18.7 Å². The van der Waals surface area contributed by atoms with Crippen LogP contribution in [-0.2, 0) is 0 Å². The van der Waals surface area contributed by atoms with E-state index in [1.54, 1.807) is 0 Å². The summed E-state index contributed by atoms with van der Waals surface area (Å²) in [5, 5.41) is 24.3. The predicted molar refractivity (Wildman–Crippen MR) is 71.7 cm³/mol. The Morgan fingerprint density at radius 1 is 1.20 bits per heavy atom. The monoisotopic (exact) mass is 281 g/mol. The Morgan fingerprint density at radius 2 is 1.70 bits per heavy atom. The summed E-state index contributed by atoms with van der Waals surface area (Å²) in [7, 11) is 0. The summed E-state index contributed by atoms with van der Waals surface area (Å²) in [5.74, 6) is -0.551. The van der Waals surface area contributed by atoms with Crippen LogP contribution in [0, 0.1) is 27.2 Å². The Morgan fingerprint density at radius 3 is 2.10 bits per heavy atom. The highest BCUT2D eigenvalue weighted by atomic mass is 16.6. The third-order valence-electron chi connectivity index (χ3n) is 2.82. The van der Waals surface area contributed by atoms with Gasteiger partial charge in [-0.1, -0.05) is 13.3 Å². The summed E-state index contributed by atoms with van der Waals surface area (Å²) in [6.45, 7) is 3.66. The van der Waals surface area contributed by atoms with Gasteiger partial charge in [0.25, 0.3) is 17.3 Å². The van der Waals surface area contributed by atoms with Crippen molar-refractivity contribution in [3.63, 3.8) is 0 Å². The van der Waals surface area contributed by atoms with Crippen LogP contribution in [0.1, 0.15) is 35.7 Å². The minimum Gasteiger partial charge on any atom is -0.352 e. The number of nitrogens with one attached hydrogen (secondary N) is 1. The first kappa shape index (κ1) is 15.5. The van der Waals surface area contributed by atoms with Gasteiger partial charge in [0.05, 0.1) is 15.4 Å². The maximum absolute atomic E-state index is 11.8. The standard InChI is InChI=1S/C12H15N3O5/c1-3-4-5-13-12(16)9-6-10(14(17)18)8(2)11(7-9)15(19)20/h6-7H,3-5H2,1-2H3,(H,13,16). The number of nitro benzene ring substituents is 2. The fourth-order valence-electron chi connectivity index (χ4n) is 1.68. The van der Waals surface area contributed by atoms with Gasteiger partial charge in [-0.3, -0.25) is 25.0 Å². The topological polar surface area (TPSA) is 115 Å². The molecule has 0 aliphatic carbocycles. The van der Waals surface area contributed by atoms with Gasteiger partial charge in [-0.05, 0) is 13.3 Å². The van der Waals surface area contributed by atoms with E-state index in [4.69, 9.17) is 0 Å². The summed E-state index contributed by atoms with van der Waals surface area (Å²) in [6, 6.07) is 2.12. The predicted octanol–water partition coefficient (Wildman–Crippen LogP) is 2.34. The Hall–Kier alpha value is -2.51. The molecule has 1 N–H and O–H groups in total. The maximum atomic E-state index is 11.8. The van der Waals surface area contributed by atoms with Crippen LogP contribution >= 0.6 is 0 Å². The molecule has 0 aliphatic rings. The molecule has 8 heteroatoms. The van der Waals surface area contributed by atoms with Crippen LogP contribution < -0.4 is 5.32 Å². The van der Waals surface area contributed by atoms with Crippen molar-refractivity contribution in [1.29, 1.82) is 0 Å². The van der Waals surface area contributed by atoms with Gasteiger partial charge < -0.3 is 5.32 Å². The molecule has 8 nitrogen and oxygen atoms in total. The number of carbonyl (C=O) groups excluding carboxylic acids is 1. The van der Waals surface area contributed by atoms with Crippen LogP contribution in [0.3, 0.4) is 0 Å². The summed E-state index contributed by atoms with van der Waals surface area (Å²) in [4.78, 5) is 32.1. The third kappa shape index (κ3) is 3.50. The third-order valence-corrected chi connectivity index (χ3v) is 2.82. The van der Waals surface area contributed by atoms with Gasteiger partial charge >= 0.3 is 0 Å². The van der Waals surface area contributed by atoms with Crippen molar-refractivity contribution in [2.24, 2.45) is 0 Å². The van der Waals surface area contributed by atoms with Crippen LogP contribution in [0.4, 0.5) is 11.4 Å². The minimum atomic E-state index is -0.731. The molecule has 0 fully saturated rings. The molecule has 20 heavy (non-hydrogen) atoms. The number of hydrogen-bond donors (Lipinski definition) is 1. The van der Waals surface area contributed by atoms with Gasteiger partial charge in [-0.2, -0.15) is 0 Å². The lowest BCUT2D eigenvalue weighted by atomic mass is 10.1. The molecular formula is C12H15N3O5. The van der Waals surface area contributed by atoms with E-state index >= 15 is 0 Å². The molecule has 0 unspecified atom stereocenters. The fourth-order valence-corrected chi connectivity index (χ4v) is 1.68. The normalized spacial score (nSPS) is 10.1. The number of benzene rings is 1. The Kier molecular flexibility index (Phi) is 5.13. The number of hydrogen-bond acceptors (Lipinski definition) is 5. The molecule has 0 aliphatic heterocycles. The highest BCUT2D eigenvalue weighted by Gasteiger charge is 2.25. The van der Waals surface area contributed by atoms with Crippen LogP contribution in [0.5, 0.6) is 0 Å². The number of unbranched alkanes of at least 4 members (excludes halogenated alkanes) is 1. The van der Waals surface area contributed by atoms with Crippen molar-refractivity contribution >= 4 is 17.3 Å². The number of nitro groups is 2. The van der Waals surface area contributed by atoms with Crippen molar-refractivity contribution in [1.82, 2.24) is 5.32 Å². The summed E-state index contributed by atoms with van der Waals surface area (Å²) in [5.41, 5.74) is -1.00. The molecule has 0 atom stereocenters. The molecule has 1 aromatic rings. The summed E-state index contributed by atoms with van der Waals surface area (Å²) in [6.07, 6.45) is 1.65. The minimum absolute atomic E-state index is 0.0647. The van der Waals surface area contributed by atoms with Crippen molar-refractivity contribution < 1.29 is 14.6 Å². The molecule has 1 amide bonds. The first-order valence-electron chi connectivity index (χ1n) is 6.10. The smallest absolute Gasteiger partial charge is 0.279 e. The zero-order valence-corrected chi connectivity index (χ0v) is 11.2. The second-order valence-electron chi connectivity index (χ2n) is 4.26. The van der Waals surface area contributed by atoms with E-state index < -0.39 is 27.1 Å². The van der Waals surface area contributed by atoms with Crippen LogP contribution in [0.2, 0.25) is 0 Å². The molecule has 0 bridgehead atoms. The number of amides is 1. The van der Waals surface area contributed by atoms with Crippen LogP contribution in [0.15, 0.2) is 12.1 Å². The van der Waals surface area contributed by atoms with Crippen molar-refractivity contribution in [2.75, 3.05) is 6.54 Å². The molecule has 1 aromatic carbocycles. The van der Waals surface area contributed by atoms with E-state index in [0.29, 0.717) is 6.54 Å². The van der Waals surface area contributed by atoms with Gasteiger partial charge in [0.1, 0.15) is 5.56 Å². The first-order chi connectivity index (χ1) is 9.38. The summed E-state index contributed by atoms with van der Waals surface area (Å²) < 4.78 is 0. The van der Waals surface area contributed by atoms with Crippen LogP contribution in [0.25, 0.3) is 0 Å². The van der Waals surface area contributed by atoms with E-state index in [1.807, 2.05) is 6.92 Å². The highest BCUT2D eigenvalue weighted by Crippen LogP contribution is 2.29. The van der Waals surface area contributed by atoms with E-state index in [9.17, 15) is 25.0 Å². The second-order valence-corrected chi connectivity index (χ2v) is 4.26. The number of nitrogens with zero attached hydrogens (tertiary/aromatic N) is 2. The number of carbonyl (C=O) groups is 1. The molecule has 0 aromatic heterocycles. The van der Waals surface area contributed by atoms with Crippen LogP contribution in [-0.4, -0.2) is 22.3 Å². The Balaban J connectivity index is 3.17. The SMILES string of the molecule is CCCCNC(=O)c1cc([N+](=O)[O-])c(C)c([N+](=O)[O-])c1. The Labute approximate surface area is 115 Å². The van der Waals surface area contributed by atoms with Gasteiger partial charge in [-0.15, -0.1) is 0 Å². The molecule has 0 saturated carbocycles. The quantitative estimate of drug-likeness (QED) is 0.488. The fraction of sp³-hybridized carbons (Fsp3) is 0.417. The second kappa shape index (κ2) is 6.60. The molecule has 0 heterocycles. The molecular weight excluding hydrogens is 266 g/mol. The van der Waals surface area contributed by atoms with Gasteiger partial charge in [-0.25, -0.2) is 0 Å². The highest BCUT2D eigenvalue weighted by molar-refractivity contribution is 5.96. The zero-order valence-electron chi connectivity index (χ0n) is 11.2. The first-order valence-corrected chi connectivity index (χ1v) is 6.10. The average molecular weight is 281 g/mol. The molecule has 0 saturated heterocycles.